The van der Waals surface area contributed by atoms with E-state index in [1.165, 1.54) is 12.1 Å². The van der Waals surface area contributed by atoms with Gasteiger partial charge < -0.3 is 5.73 Å². The summed E-state index contributed by atoms with van der Waals surface area (Å²) in [5, 5.41) is 9.54. The first-order valence-electron chi connectivity index (χ1n) is 8.88. The number of benzene rings is 3. The van der Waals surface area contributed by atoms with Gasteiger partial charge in [-0.2, -0.15) is 5.26 Å². The Bertz CT molecular complexity index is 1230. The smallest absolute Gasteiger partial charge is 0.142 e. The number of aromatic nitrogens is 1. The largest absolute Gasteiger partial charge is 0.383 e. The Hall–Kier alpha value is -3.68. The zero-order chi connectivity index (χ0) is 20.4. The first-order chi connectivity index (χ1) is 14.1. The van der Waals surface area contributed by atoms with Crippen molar-refractivity contribution in [3.63, 3.8) is 0 Å². The van der Waals surface area contributed by atoms with Crippen LogP contribution in [0.3, 0.4) is 0 Å². The predicted octanol–water partition coefficient (Wildman–Crippen LogP) is 6.33. The molecule has 0 aliphatic rings. The fourth-order valence-electron chi connectivity index (χ4n) is 3.19. The van der Waals surface area contributed by atoms with Gasteiger partial charge in [-0.3, -0.25) is 0 Å². The van der Waals surface area contributed by atoms with Gasteiger partial charge >= 0.3 is 0 Å². The first-order valence-corrected chi connectivity index (χ1v) is 9.26. The van der Waals surface area contributed by atoms with Gasteiger partial charge in [0, 0.05) is 11.1 Å². The second-order valence-electron chi connectivity index (χ2n) is 6.50. The lowest BCUT2D eigenvalue weighted by Crippen LogP contribution is -2.00. The highest BCUT2D eigenvalue weighted by Gasteiger charge is 2.15. The van der Waals surface area contributed by atoms with E-state index < -0.39 is 5.82 Å². The highest BCUT2D eigenvalue weighted by Crippen LogP contribution is 2.33. The van der Waals surface area contributed by atoms with Crippen molar-refractivity contribution in [1.82, 2.24) is 4.98 Å². The third-order valence-electron chi connectivity index (χ3n) is 4.68. The van der Waals surface area contributed by atoms with Crippen LogP contribution < -0.4 is 5.73 Å². The van der Waals surface area contributed by atoms with Crippen molar-refractivity contribution < 1.29 is 4.39 Å². The second kappa shape index (κ2) is 7.75. The number of rotatable bonds is 3. The molecule has 0 amide bonds. The molecule has 0 atom stereocenters. The van der Waals surface area contributed by atoms with Gasteiger partial charge in [0.2, 0.25) is 0 Å². The van der Waals surface area contributed by atoms with E-state index in [2.05, 4.69) is 11.1 Å². The standard InChI is InChI=1S/C24H15ClFN3/c25-21-11-10-18(12-22(21)26)19-13-23(29-24(28)20(19)14-27)17-8-6-16(7-9-17)15-4-2-1-3-5-15/h1-13H,(H2,28,29). The Kier molecular flexibility index (Phi) is 4.99. The van der Waals surface area contributed by atoms with E-state index in [0.29, 0.717) is 16.8 Å². The molecule has 3 nitrogen and oxygen atoms in total. The fourth-order valence-corrected chi connectivity index (χ4v) is 3.30. The Labute approximate surface area is 172 Å². The molecule has 0 saturated carbocycles. The van der Waals surface area contributed by atoms with Crippen molar-refractivity contribution in [3.05, 3.63) is 95.3 Å². The topological polar surface area (TPSA) is 62.7 Å². The summed E-state index contributed by atoms with van der Waals surface area (Å²) in [7, 11) is 0. The molecule has 0 aliphatic carbocycles. The van der Waals surface area contributed by atoms with Gasteiger partial charge in [-0.05, 0) is 34.9 Å². The highest BCUT2D eigenvalue weighted by atomic mass is 35.5. The quantitative estimate of drug-likeness (QED) is 0.438. The molecule has 4 aromatic rings. The van der Waals surface area contributed by atoms with E-state index in [1.54, 1.807) is 12.1 Å². The van der Waals surface area contributed by atoms with Crippen LogP contribution in [-0.2, 0) is 0 Å². The summed E-state index contributed by atoms with van der Waals surface area (Å²) >= 11 is 5.79. The van der Waals surface area contributed by atoms with Crippen molar-refractivity contribution in [3.8, 4) is 39.6 Å². The van der Waals surface area contributed by atoms with Crippen molar-refractivity contribution in [2.75, 3.05) is 5.73 Å². The molecule has 1 heterocycles. The van der Waals surface area contributed by atoms with Gasteiger partial charge in [0.15, 0.2) is 0 Å². The maximum Gasteiger partial charge on any atom is 0.142 e. The Morgan fingerprint density at radius 3 is 2.10 bits per heavy atom. The number of halogens is 2. The zero-order valence-electron chi connectivity index (χ0n) is 15.2. The van der Waals surface area contributed by atoms with E-state index >= 15 is 0 Å². The number of hydrogen-bond acceptors (Lipinski definition) is 3. The van der Waals surface area contributed by atoms with Crippen LogP contribution in [0.4, 0.5) is 10.2 Å². The molecule has 0 saturated heterocycles. The molecule has 3 aromatic carbocycles. The molecule has 29 heavy (non-hydrogen) atoms. The number of hydrogen-bond donors (Lipinski definition) is 1. The normalized spacial score (nSPS) is 10.5. The van der Waals surface area contributed by atoms with Crippen LogP contribution in [0.25, 0.3) is 33.5 Å². The van der Waals surface area contributed by atoms with Gasteiger partial charge in [0.05, 0.1) is 10.7 Å². The number of nitriles is 1. The van der Waals surface area contributed by atoms with Crippen molar-refractivity contribution in [2.24, 2.45) is 0 Å². The van der Waals surface area contributed by atoms with E-state index in [4.69, 9.17) is 17.3 Å². The number of anilines is 1. The maximum atomic E-state index is 14.0. The Morgan fingerprint density at radius 2 is 1.45 bits per heavy atom. The lowest BCUT2D eigenvalue weighted by Gasteiger charge is -2.11. The minimum atomic E-state index is -0.558. The molecule has 2 N–H and O–H groups in total. The van der Waals surface area contributed by atoms with Gasteiger partial charge in [0.25, 0.3) is 0 Å². The molecular weight excluding hydrogens is 385 g/mol. The summed E-state index contributed by atoms with van der Waals surface area (Å²) in [5.41, 5.74) is 10.9. The van der Waals surface area contributed by atoms with E-state index in [-0.39, 0.29) is 16.4 Å². The molecule has 0 fully saturated rings. The lowest BCUT2D eigenvalue weighted by atomic mass is 9.97. The SMILES string of the molecule is N#Cc1c(-c2ccc(Cl)c(F)c2)cc(-c2ccc(-c3ccccc3)cc2)nc1N. The van der Waals surface area contributed by atoms with Gasteiger partial charge in [0.1, 0.15) is 23.3 Å². The third-order valence-corrected chi connectivity index (χ3v) is 4.98. The first kappa shape index (κ1) is 18.7. The Morgan fingerprint density at radius 1 is 0.828 bits per heavy atom. The summed E-state index contributed by atoms with van der Waals surface area (Å²) in [6.45, 7) is 0. The number of nitrogens with two attached hydrogens (primary N) is 1. The van der Waals surface area contributed by atoms with Crippen LogP contribution in [0.15, 0.2) is 78.9 Å². The van der Waals surface area contributed by atoms with Gasteiger partial charge in [-0.25, -0.2) is 9.37 Å². The maximum absolute atomic E-state index is 14.0. The highest BCUT2D eigenvalue weighted by molar-refractivity contribution is 6.30. The third kappa shape index (κ3) is 3.69. The van der Waals surface area contributed by atoms with Crippen molar-refractivity contribution >= 4 is 17.4 Å². The van der Waals surface area contributed by atoms with E-state index in [9.17, 15) is 9.65 Å². The average Bonchev–Trinajstić information content (AvgIpc) is 2.76. The minimum absolute atomic E-state index is 0.0195. The monoisotopic (exact) mass is 399 g/mol. The molecule has 0 radical (unpaired) electrons. The number of nitrogens with zero attached hydrogens (tertiary/aromatic N) is 2. The zero-order valence-corrected chi connectivity index (χ0v) is 16.0. The van der Waals surface area contributed by atoms with Crippen LogP contribution in [0.1, 0.15) is 5.56 Å². The van der Waals surface area contributed by atoms with Crippen LogP contribution in [-0.4, -0.2) is 4.98 Å². The molecule has 140 valence electrons. The van der Waals surface area contributed by atoms with Crippen LogP contribution in [0.2, 0.25) is 5.02 Å². The molecule has 0 bridgehead atoms. The summed E-state index contributed by atoms with van der Waals surface area (Å²) in [6.07, 6.45) is 0. The molecular formula is C24H15ClFN3. The number of pyridine rings is 1. The summed E-state index contributed by atoms with van der Waals surface area (Å²) in [5.74, 6) is -0.459. The Balaban J connectivity index is 1.80. The molecule has 5 heteroatoms. The minimum Gasteiger partial charge on any atom is -0.383 e. The van der Waals surface area contributed by atoms with E-state index in [1.807, 2.05) is 54.6 Å². The van der Waals surface area contributed by atoms with Gasteiger partial charge in [-0.1, -0.05) is 72.3 Å². The average molecular weight is 400 g/mol. The summed E-state index contributed by atoms with van der Waals surface area (Å²) in [6, 6.07) is 26.1. The number of nitrogen functional groups attached to an aromatic ring is 1. The van der Waals surface area contributed by atoms with Crippen LogP contribution in [0, 0.1) is 17.1 Å². The molecule has 4 rings (SSSR count). The predicted molar refractivity (Wildman–Crippen MR) is 115 cm³/mol. The molecule has 0 unspecified atom stereocenters. The fraction of sp³-hybridized carbons (Fsp3) is 0. The van der Waals surface area contributed by atoms with E-state index in [0.717, 1.165) is 16.7 Å². The van der Waals surface area contributed by atoms with Crippen molar-refractivity contribution in [1.29, 1.82) is 5.26 Å². The summed E-state index contributed by atoms with van der Waals surface area (Å²) < 4.78 is 14.0. The lowest BCUT2D eigenvalue weighted by molar-refractivity contribution is 0.629. The summed E-state index contributed by atoms with van der Waals surface area (Å²) in [4.78, 5) is 4.38. The molecule has 0 spiro atoms. The van der Waals surface area contributed by atoms with Gasteiger partial charge in [-0.15, -0.1) is 0 Å². The molecule has 1 aromatic heterocycles. The van der Waals surface area contributed by atoms with Crippen molar-refractivity contribution in [2.45, 2.75) is 0 Å². The second-order valence-corrected chi connectivity index (χ2v) is 6.91. The molecule has 0 aliphatic heterocycles. The van der Waals surface area contributed by atoms with Crippen LogP contribution in [0.5, 0.6) is 0 Å². The van der Waals surface area contributed by atoms with Crippen LogP contribution >= 0.6 is 11.6 Å².